The van der Waals surface area contributed by atoms with Crippen molar-refractivity contribution in [3.8, 4) is 5.75 Å². The molecule has 0 aliphatic heterocycles. The van der Waals surface area contributed by atoms with Gasteiger partial charge in [0.25, 0.3) is 0 Å². The molecule has 0 aliphatic rings. The number of benzene rings is 2. The lowest BCUT2D eigenvalue weighted by Gasteiger charge is -2.13. The third-order valence-corrected chi connectivity index (χ3v) is 4.20. The first-order chi connectivity index (χ1) is 13.9. The quantitative estimate of drug-likeness (QED) is 0.498. The predicted octanol–water partition coefficient (Wildman–Crippen LogP) is 5.16. The Bertz CT molecular complexity index is 840. The van der Waals surface area contributed by atoms with Gasteiger partial charge >= 0.3 is 0 Å². The molecule has 2 amide bonds. The smallest absolute Gasteiger partial charge is 0.243 e. The number of carbonyl (C=O) groups is 2. The van der Waals surface area contributed by atoms with E-state index in [0.29, 0.717) is 35.3 Å². The van der Waals surface area contributed by atoms with Crippen LogP contribution in [0.2, 0.25) is 5.02 Å². The lowest BCUT2D eigenvalue weighted by atomic mass is 10.2. The van der Waals surface area contributed by atoms with Gasteiger partial charge in [0.15, 0.2) is 0 Å². The zero-order chi connectivity index (χ0) is 21.2. The highest BCUT2D eigenvalue weighted by Gasteiger charge is 2.09. The Morgan fingerprint density at radius 2 is 1.83 bits per heavy atom. The summed E-state index contributed by atoms with van der Waals surface area (Å²) >= 11 is 6.17. The van der Waals surface area contributed by atoms with Crippen LogP contribution >= 0.6 is 11.6 Å². The third kappa shape index (κ3) is 8.03. The van der Waals surface area contributed by atoms with Gasteiger partial charge in [-0.2, -0.15) is 0 Å². The van der Waals surface area contributed by atoms with E-state index >= 15 is 0 Å². The molecule has 0 unspecified atom stereocenters. The molecule has 7 heteroatoms. The van der Waals surface area contributed by atoms with Gasteiger partial charge in [-0.1, -0.05) is 38.4 Å². The average molecular weight is 418 g/mol. The number of rotatable bonds is 10. The van der Waals surface area contributed by atoms with Gasteiger partial charge in [-0.15, -0.1) is 0 Å². The summed E-state index contributed by atoms with van der Waals surface area (Å²) in [7, 11) is 0. The number of carbonyl (C=O) groups excluding carboxylic acids is 2. The van der Waals surface area contributed by atoms with E-state index < -0.39 is 0 Å². The lowest BCUT2D eigenvalue weighted by Crippen LogP contribution is -2.22. The van der Waals surface area contributed by atoms with Crippen molar-refractivity contribution >= 4 is 40.5 Å². The van der Waals surface area contributed by atoms with Crippen LogP contribution in [0.4, 0.5) is 17.1 Å². The molecule has 29 heavy (non-hydrogen) atoms. The van der Waals surface area contributed by atoms with Gasteiger partial charge in [-0.3, -0.25) is 9.59 Å². The summed E-state index contributed by atoms with van der Waals surface area (Å²) < 4.78 is 5.70. The van der Waals surface area contributed by atoms with Crippen LogP contribution in [-0.4, -0.2) is 25.0 Å². The van der Waals surface area contributed by atoms with Crippen molar-refractivity contribution in [3.63, 3.8) is 0 Å². The van der Waals surface area contributed by atoms with E-state index in [2.05, 4.69) is 29.8 Å². The second-order valence-corrected chi connectivity index (χ2v) is 7.53. The van der Waals surface area contributed by atoms with Crippen molar-refractivity contribution in [2.45, 2.75) is 33.6 Å². The summed E-state index contributed by atoms with van der Waals surface area (Å²) in [4.78, 5) is 24.1. The first kappa shape index (κ1) is 22.6. The van der Waals surface area contributed by atoms with E-state index in [1.165, 1.54) is 0 Å². The Morgan fingerprint density at radius 1 is 1.03 bits per heavy atom. The molecule has 3 N–H and O–H groups in total. The zero-order valence-electron chi connectivity index (χ0n) is 17.0. The van der Waals surface area contributed by atoms with E-state index in [9.17, 15) is 9.59 Å². The Kier molecular flexibility index (Phi) is 8.80. The Labute approximate surface area is 177 Å². The van der Waals surface area contributed by atoms with Crippen molar-refractivity contribution in [1.82, 2.24) is 0 Å². The molecule has 0 aromatic heterocycles. The van der Waals surface area contributed by atoms with Gasteiger partial charge in [0.1, 0.15) is 5.75 Å². The minimum atomic E-state index is -0.252. The molecule has 0 fully saturated rings. The van der Waals surface area contributed by atoms with Crippen molar-refractivity contribution in [2.75, 3.05) is 29.1 Å². The molecule has 0 saturated heterocycles. The van der Waals surface area contributed by atoms with Crippen LogP contribution in [0.15, 0.2) is 42.5 Å². The molecule has 0 atom stereocenters. The second kappa shape index (κ2) is 11.3. The van der Waals surface area contributed by atoms with Gasteiger partial charge in [-0.05, 0) is 42.7 Å². The summed E-state index contributed by atoms with van der Waals surface area (Å²) in [6.07, 6.45) is 1.20. The number of nitrogens with one attached hydrogen (secondary N) is 3. The molecule has 2 aromatic carbocycles. The maximum Gasteiger partial charge on any atom is 0.243 e. The molecule has 0 bridgehead atoms. The van der Waals surface area contributed by atoms with Crippen LogP contribution in [0, 0.1) is 5.92 Å². The molecule has 6 nitrogen and oxygen atoms in total. The summed E-state index contributed by atoms with van der Waals surface area (Å²) in [6, 6.07) is 12.5. The number of hydrogen-bond donors (Lipinski definition) is 3. The van der Waals surface area contributed by atoms with E-state index in [-0.39, 0.29) is 18.4 Å². The normalized spacial score (nSPS) is 10.5. The number of hydrogen-bond acceptors (Lipinski definition) is 4. The molecule has 2 rings (SSSR count). The van der Waals surface area contributed by atoms with Gasteiger partial charge in [0, 0.05) is 23.9 Å². The summed E-state index contributed by atoms with van der Waals surface area (Å²) in [6.45, 7) is 6.81. The van der Waals surface area contributed by atoms with E-state index in [4.69, 9.17) is 16.3 Å². The molecule has 156 valence electrons. The van der Waals surface area contributed by atoms with Crippen molar-refractivity contribution in [1.29, 1.82) is 0 Å². The molecular weight excluding hydrogens is 390 g/mol. The zero-order valence-corrected chi connectivity index (χ0v) is 17.8. The highest BCUT2D eigenvalue weighted by molar-refractivity contribution is 6.33. The lowest BCUT2D eigenvalue weighted by molar-refractivity contribution is -0.116. The largest absolute Gasteiger partial charge is 0.493 e. The topological polar surface area (TPSA) is 79.5 Å². The van der Waals surface area contributed by atoms with Crippen LogP contribution in [0.1, 0.15) is 33.6 Å². The fourth-order valence-corrected chi connectivity index (χ4v) is 2.65. The van der Waals surface area contributed by atoms with E-state index in [1.54, 1.807) is 18.2 Å². The molecular formula is C22H28ClN3O3. The molecule has 0 saturated carbocycles. The summed E-state index contributed by atoms with van der Waals surface area (Å²) in [5.74, 6) is 0.859. The molecule has 2 aromatic rings. The average Bonchev–Trinajstić information content (AvgIpc) is 2.68. The van der Waals surface area contributed by atoms with E-state index in [1.807, 2.05) is 31.2 Å². The fraction of sp³-hybridized carbons (Fsp3) is 0.364. The maximum atomic E-state index is 12.3. The summed E-state index contributed by atoms with van der Waals surface area (Å²) in [5, 5.41) is 9.02. The first-order valence-electron chi connectivity index (χ1n) is 9.73. The highest BCUT2D eigenvalue weighted by Crippen LogP contribution is 2.26. The number of amides is 2. The van der Waals surface area contributed by atoms with Gasteiger partial charge in [-0.25, -0.2) is 0 Å². The maximum absolute atomic E-state index is 12.3. The molecule has 0 heterocycles. The molecule has 0 spiro atoms. The molecule has 0 radical (unpaired) electrons. The Balaban J connectivity index is 1.92. The summed E-state index contributed by atoms with van der Waals surface area (Å²) in [5.41, 5.74) is 1.82. The standard InChI is InChI=1S/C22H28ClN3O3/c1-4-6-21(27)25-17-9-10-19(23)20(12-17)26-22(28)13-24-16-7-5-8-18(11-16)29-14-15(2)3/h5,7-12,15,24H,4,6,13-14H2,1-3H3,(H,25,27)(H,26,28). The monoisotopic (exact) mass is 417 g/mol. The van der Waals surface area contributed by atoms with Gasteiger partial charge in [0.2, 0.25) is 11.8 Å². The molecule has 0 aliphatic carbocycles. The minimum Gasteiger partial charge on any atom is -0.493 e. The van der Waals surface area contributed by atoms with Gasteiger partial charge in [0.05, 0.1) is 23.9 Å². The van der Waals surface area contributed by atoms with Crippen molar-refractivity contribution < 1.29 is 14.3 Å². The van der Waals surface area contributed by atoms with Crippen molar-refractivity contribution in [2.24, 2.45) is 5.92 Å². The van der Waals surface area contributed by atoms with Crippen LogP contribution in [0.5, 0.6) is 5.75 Å². The van der Waals surface area contributed by atoms with Crippen LogP contribution in [-0.2, 0) is 9.59 Å². The second-order valence-electron chi connectivity index (χ2n) is 7.13. The van der Waals surface area contributed by atoms with Gasteiger partial charge < -0.3 is 20.7 Å². The number of halogens is 1. The number of ether oxygens (including phenoxy) is 1. The first-order valence-corrected chi connectivity index (χ1v) is 10.1. The SMILES string of the molecule is CCCC(=O)Nc1ccc(Cl)c(NC(=O)CNc2cccc(OCC(C)C)c2)c1. The Hall–Kier alpha value is -2.73. The highest BCUT2D eigenvalue weighted by atomic mass is 35.5. The van der Waals surface area contributed by atoms with Crippen molar-refractivity contribution in [3.05, 3.63) is 47.5 Å². The minimum absolute atomic E-state index is 0.0659. The van der Waals surface area contributed by atoms with Crippen LogP contribution in [0.25, 0.3) is 0 Å². The Morgan fingerprint density at radius 3 is 2.55 bits per heavy atom. The fourth-order valence-electron chi connectivity index (χ4n) is 2.48. The van der Waals surface area contributed by atoms with Crippen LogP contribution < -0.4 is 20.7 Å². The van der Waals surface area contributed by atoms with Crippen LogP contribution in [0.3, 0.4) is 0 Å². The third-order valence-electron chi connectivity index (χ3n) is 3.87. The van der Waals surface area contributed by atoms with E-state index in [0.717, 1.165) is 17.9 Å². The predicted molar refractivity (Wildman–Crippen MR) is 119 cm³/mol. The number of anilines is 3.